The second kappa shape index (κ2) is 8.03. The highest BCUT2D eigenvalue weighted by atomic mass is 16.6. The van der Waals surface area contributed by atoms with Crippen LogP contribution in [0.1, 0.15) is 46.6 Å². The summed E-state index contributed by atoms with van der Waals surface area (Å²) in [6, 6.07) is 9.30. The molecule has 0 N–H and O–H groups in total. The third-order valence-electron chi connectivity index (χ3n) is 4.26. The first-order chi connectivity index (χ1) is 12.5. The van der Waals surface area contributed by atoms with Gasteiger partial charge in [-0.3, -0.25) is 9.69 Å². The van der Waals surface area contributed by atoms with E-state index in [1.807, 2.05) is 30.3 Å². The fraction of sp³-hybridized carbons (Fsp3) is 0.550. The van der Waals surface area contributed by atoms with Gasteiger partial charge in [0.05, 0.1) is 12.1 Å². The van der Waals surface area contributed by atoms with Crippen LogP contribution in [0.5, 0.6) is 0 Å². The van der Waals surface area contributed by atoms with E-state index in [4.69, 9.17) is 15.0 Å². The van der Waals surface area contributed by atoms with Crippen LogP contribution in [-0.4, -0.2) is 51.3 Å². The number of amides is 1. The lowest BCUT2D eigenvalue weighted by molar-refractivity contribution is -0.120. The lowest BCUT2D eigenvalue weighted by atomic mass is 9.97. The molecule has 1 heterocycles. The smallest absolute Gasteiger partial charge is 0.412 e. The molecule has 1 aromatic carbocycles. The van der Waals surface area contributed by atoms with E-state index in [-0.39, 0.29) is 12.2 Å². The molecule has 2 atom stereocenters. The van der Waals surface area contributed by atoms with Gasteiger partial charge in [-0.2, -0.15) is 4.79 Å². The molecule has 0 spiro atoms. The van der Waals surface area contributed by atoms with E-state index in [1.165, 1.54) is 0 Å². The first kappa shape index (κ1) is 20.8. The Bertz CT molecular complexity index is 733. The van der Waals surface area contributed by atoms with E-state index < -0.39 is 29.6 Å². The number of Topliss-reactive ketones (excluding diaryl/α,β-unsaturated/α-hetero) is 1. The number of carbonyl (C=O) groups excluding carboxylic acids is 2. The topological polar surface area (TPSA) is 92.2 Å². The summed E-state index contributed by atoms with van der Waals surface area (Å²) in [6.07, 6.45) is 0.339. The number of nitrogens with zero attached hydrogens (tertiary/aromatic N) is 3. The van der Waals surface area contributed by atoms with Crippen molar-refractivity contribution in [1.82, 2.24) is 4.90 Å². The van der Waals surface area contributed by atoms with Crippen LogP contribution in [0, 0.1) is 0 Å². The minimum absolute atomic E-state index is 0.00425. The molecule has 1 aliphatic rings. The van der Waals surface area contributed by atoms with Gasteiger partial charge in [0, 0.05) is 6.42 Å². The largest absolute Gasteiger partial charge is 0.444 e. The summed E-state index contributed by atoms with van der Waals surface area (Å²) in [5.41, 5.74) is 8.03. The average Bonchev–Trinajstić information content (AvgIpc) is 2.76. The average molecular weight is 373 g/mol. The molecule has 1 aliphatic heterocycles. The molecule has 1 aromatic rings. The number of hydrogen-bond acceptors (Lipinski definition) is 4. The summed E-state index contributed by atoms with van der Waals surface area (Å²) >= 11 is 0. The molecule has 0 unspecified atom stereocenters. The summed E-state index contributed by atoms with van der Waals surface area (Å²) in [4.78, 5) is 29.3. The molecule has 146 valence electrons. The zero-order chi connectivity index (χ0) is 20.2. The molecule has 0 aliphatic carbocycles. The van der Waals surface area contributed by atoms with Crippen LogP contribution in [-0.2, 0) is 20.7 Å². The van der Waals surface area contributed by atoms with E-state index in [0.717, 1.165) is 11.8 Å². The standard InChI is InChI=1S/C20H27N3O4/c1-19(2,3)27-18(25)23-16(11-14-9-7-6-8-10-14)17(26-20(23,4)5)12-15(24)13-22-21/h6-10,13,16-17H,11-12H2,1-5H3/t16-,17-/m0/s1. The molecule has 1 amide bonds. The van der Waals surface area contributed by atoms with Crippen LogP contribution in [0.15, 0.2) is 30.3 Å². The second-order valence-corrected chi connectivity index (χ2v) is 8.13. The predicted octanol–water partition coefficient (Wildman–Crippen LogP) is 3.23. The molecule has 7 heteroatoms. The van der Waals surface area contributed by atoms with Crippen LogP contribution < -0.4 is 0 Å². The summed E-state index contributed by atoms with van der Waals surface area (Å²) in [7, 11) is 0. The fourth-order valence-corrected chi connectivity index (χ4v) is 3.31. The molecule has 0 bridgehead atoms. The van der Waals surface area contributed by atoms with Crippen LogP contribution in [0.2, 0.25) is 0 Å². The molecular weight excluding hydrogens is 346 g/mol. The zero-order valence-electron chi connectivity index (χ0n) is 16.5. The normalized spacial score (nSPS) is 21.4. The molecule has 7 nitrogen and oxygen atoms in total. The Kier molecular flexibility index (Phi) is 6.19. The maximum atomic E-state index is 12.9. The van der Waals surface area contributed by atoms with Gasteiger partial charge in [-0.05, 0) is 46.6 Å². The third-order valence-corrected chi connectivity index (χ3v) is 4.26. The number of carbonyl (C=O) groups is 2. The lowest BCUT2D eigenvalue weighted by Crippen LogP contribution is -2.51. The van der Waals surface area contributed by atoms with E-state index in [0.29, 0.717) is 6.42 Å². The number of hydrogen-bond donors (Lipinski definition) is 0. The van der Waals surface area contributed by atoms with Gasteiger partial charge in [-0.15, -0.1) is 0 Å². The fourth-order valence-electron chi connectivity index (χ4n) is 3.31. The van der Waals surface area contributed by atoms with Gasteiger partial charge in [0.2, 0.25) is 5.78 Å². The predicted molar refractivity (Wildman–Crippen MR) is 100 cm³/mol. The highest BCUT2D eigenvalue weighted by molar-refractivity contribution is 6.25. The number of ketones is 1. The first-order valence-corrected chi connectivity index (χ1v) is 8.98. The highest BCUT2D eigenvalue weighted by Crippen LogP contribution is 2.36. The molecule has 1 fully saturated rings. The quantitative estimate of drug-likeness (QED) is 0.450. The molecule has 0 radical (unpaired) electrons. The summed E-state index contributed by atoms with van der Waals surface area (Å²) in [5, 5.41) is 0. The van der Waals surface area contributed by atoms with E-state index in [1.54, 1.807) is 39.5 Å². The van der Waals surface area contributed by atoms with Crippen LogP contribution >= 0.6 is 0 Å². The SMILES string of the molecule is CC(C)(C)OC(=O)N1[C@@H](Cc2ccccc2)[C@H](CC(=O)C=[N+]=[N-])OC1(C)C. The summed E-state index contributed by atoms with van der Waals surface area (Å²) < 4.78 is 11.6. The van der Waals surface area contributed by atoms with Crippen LogP contribution in [0.4, 0.5) is 4.79 Å². The number of benzene rings is 1. The van der Waals surface area contributed by atoms with Gasteiger partial charge in [-0.25, -0.2) is 4.79 Å². The summed E-state index contributed by atoms with van der Waals surface area (Å²) in [6.45, 7) is 8.97. The number of rotatable bonds is 5. The number of ether oxygens (including phenoxy) is 2. The molecule has 0 aromatic heterocycles. The molecule has 2 rings (SSSR count). The van der Waals surface area contributed by atoms with Crippen molar-refractivity contribution in [2.75, 3.05) is 0 Å². The molecule has 0 saturated carbocycles. The molecule has 1 saturated heterocycles. The minimum Gasteiger partial charge on any atom is -0.444 e. The van der Waals surface area contributed by atoms with Gasteiger partial charge >= 0.3 is 12.3 Å². The Labute approximate surface area is 159 Å². The van der Waals surface area contributed by atoms with Crippen molar-refractivity contribution in [2.45, 2.75) is 70.9 Å². The Hall–Kier alpha value is -2.50. The maximum Gasteiger partial charge on any atom is 0.412 e. The Morgan fingerprint density at radius 1 is 1.30 bits per heavy atom. The zero-order valence-corrected chi connectivity index (χ0v) is 16.5. The molecular formula is C20H27N3O4. The van der Waals surface area contributed by atoms with E-state index >= 15 is 0 Å². The van der Waals surface area contributed by atoms with Gasteiger partial charge < -0.3 is 15.0 Å². The van der Waals surface area contributed by atoms with Crippen molar-refractivity contribution in [3.05, 3.63) is 41.4 Å². The third kappa shape index (κ3) is 5.49. The van der Waals surface area contributed by atoms with Crippen molar-refractivity contribution in [3.63, 3.8) is 0 Å². The van der Waals surface area contributed by atoms with Gasteiger partial charge in [0.25, 0.3) is 0 Å². The molecule has 27 heavy (non-hydrogen) atoms. The van der Waals surface area contributed by atoms with Crippen LogP contribution in [0.3, 0.4) is 0 Å². The Morgan fingerprint density at radius 2 is 1.93 bits per heavy atom. The van der Waals surface area contributed by atoms with Crippen LogP contribution in [0.25, 0.3) is 5.53 Å². The Balaban J connectivity index is 2.35. The van der Waals surface area contributed by atoms with Gasteiger partial charge in [0.15, 0.2) is 0 Å². The monoisotopic (exact) mass is 373 g/mol. The summed E-state index contributed by atoms with van der Waals surface area (Å²) in [5.74, 6) is -0.373. The first-order valence-electron chi connectivity index (χ1n) is 8.98. The van der Waals surface area contributed by atoms with Crippen molar-refractivity contribution < 1.29 is 23.9 Å². The Morgan fingerprint density at radius 3 is 2.48 bits per heavy atom. The van der Waals surface area contributed by atoms with Crippen molar-refractivity contribution in [1.29, 1.82) is 0 Å². The van der Waals surface area contributed by atoms with Crippen molar-refractivity contribution in [2.24, 2.45) is 0 Å². The van der Waals surface area contributed by atoms with Crippen molar-refractivity contribution >= 4 is 18.1 Å². The van der Waals surface area contributed by atoms with E-state index in [9.17, 15) is 9.59 Å². The van der Waals surface area contributed by atoms with E-state index in [2.05, 4.69) is 4.79 Å². The highest BCUT2D eigenvalue weighted by Gasteiger charge is 2.51. The lowest BCUT2D eigenvalue weighted by Gasteiger charge is -2.35. The van der Waals surface area contributed by atoms with Gasteiger partial charge in [0.1, 0.15) is 11.3 Å². The van der Waals surface area contributed by atoms with Gasteiger partial charge in [-0.1, -0.05) is 30.3 Å². The second-order valence-electron chi connectivity index (χ2n) is 8.13. The maximum absolute atomic E-state index is 12.9. The minimum atomic E-state index is -0.941. The van der Waals surface area contributed by atoms with Crippen molar-refractivity contribution in [3.8, 4) is 0 Å².